The van der Waals surface area contributed by atoms with E-state index < -0.39 is 6.04 Å². The number of carbonyl (C=O) groups excluding carboxylic acids is 3. The molecule has 1 aliphatic carbocycles. The van der Waals surface area contributed by atoms with Crippen molar-refractivity contribution in [3.05, 3.63) is 0 Å². The van der Waals surface area contributed by atoms with Gasteiger partial charge in [-0.3, -0.25) is 9.59 Å². The third-order valence-electron chi connectivity index (χ3n) is 4.00. The highest BCUT2D eigenvalue weighted by Crippen LogP contribution is 2.29. The number of likely N-dealkylation sites (N-methyl/N-ethyl adjacent to an activating group) is 1. The van der Waals surface area contributed by atoms with Gasteiger partial charge in [-0.25, -0.2) is 0 Å². The van der Waals surface area contributed by atoms with Crippen LogP contribution in [0, 0.1) is 11.8 Å². The van der Waals surface area contributed by atoms with Gasteiger partial charge in [-0.1, -0.05) is 7.43 Å². The number of Topliss-reactive ketones (excluding diaryl/α,β-unsaturated/α-hetero) is 1. The minimum atomic E-state index is -0.726. The Balaban J connectivity index is 0.00000361. The van der Waals surface area contributed by atoms with Crippen LogP contribution in [-0.2, 0) is 14.4 Å². The molecule has 0 aromatic rings. The maximum Gasteiger partial charge on any atom is 0.239 e. The minimum absolute atomic E-state index is 0. The molecule has 1 aliphatic rings. The predicted octanol–water partition coefficient (Wildman–Crippen LogP) is 1.39. The van der Waals surface area contributed by atoms with Crippen LogP contribution in [-0.4, -0.2) is 42.5 Å². The summed E-state index contributed by atoms with van der Waals surface area (Å²) in [5, 5.41) is 0. The molecule has 2 N–H and O–H groups in total. The lowest BCUT2D eigenvalue weighted by atomic mass is 9.80. The molecule has 5 heteroatoms. The lowest BCUT2D eigenvalue weighted by Gasteiger charge is -2.31. The quantitative estimate of drug-likeness (QED) is 0.747. The van der Waals surface area contributed by atoms with Crippen molar-refractivity contribution < 1.29 is 14.4 Å². The molecule has 1 unspecified atom stereocenters. The van der Waals surface area contributed by atoms with Crippen LogP contribution in [0.5, 0.6) is 0 Å². The first-order chi connectivity index (χ1) is 8.95. The van der Waals surface area contributed by atoms with Gasteiger partial charge in [-0.05, 0) is 38.5 Å². The summed E-state index contributed by atoms with van der Waals surface area (Å²) in [6.45, 7) is 2.31. The van der Waals surface area contributed by atoms with E-state index in [1.165, 1.54) is 0 Å². The van der Waals surface area contributed by atoms with Crippen molar-refractivity contribution in [2.24, 2.45) is 17.6 Å². The molecule has 0 radical (unpaired) electrons. The Morgan fingerprint density at radius 2 is 1.85 bits per heavy atom. The Kier molecular flexibility index (Phi) is 8.30. The van der Waals surface area contributed by atoms with Crippen molar-refractivity contribution in [2.75, 3.05) is 13.6 Å². The second-order valence-corrected chi connectivity index (χ2v) is 5.56. The monoisotopic (exact) mass is 284 g/mol. The summed E-state index contributed by atoms with van der Waals surface area (Å²) < 4.78 is 0. The summed E-state index contributed by atoms with van der Waals surface area (Å²) >= 11 is 0. The van der Waals surface area contributed by atoms with E-state index in [4.69, 9.17) is 5.73 Å². The number of ketones is 1. The molecule has 116 valence electrons. The molecule has 1 saturated carbocycles. The molecule has 0 saturated heterocycles. The summed E-state index contributed by atoms with van der Waals surface area (Å²) in [6, 6.07) is -0.726. The van der Waals surface area contributed by atoms with Crippen LogP contribution in [0.25, 0.3) is 0 Å². The van der Waals surface area contributed by atoms with Crippen molar-refractivity contribution in [1.29, 1.82) is 0 Å². The lowest BCUT2D eigenvalue weighted by Crippen LogP contribution is -2.44. The largest absolute Gasteiger partial charge is 0.344 e. The van der Waals surface area contributed by atoms with Crippen LogP contribution in [0.4, 0.5) is 0 Å². The average molecular weight is 284 g/mol. The molecule has 0 aromatic carbocycles. The molecule has 0 aromatic heterocycles. The smallest absolute Gasteiger partial charge is 0.239 e. The van der Waals surface area contributed by atoms with Gasteiger partial charge in [0.15, 0.2) is 0 Å². The molecule has 0 bridgehead atoms. The first kappa shape index (κ1) is 18.8. The Bertz CT molecular complexity index is 336. The van der Waals surface area contributed by atoms with Gasteiger partial charge in [0.1, 0.15) is 12.1 Å². The van der Waals surface area contributed by atoms with E-state index in [1.807, 2.05) is 0 Å². The van der Waals surface area contributed by atoms with Gasteiger partial charge < -0.3 is 15.4 Å². The molecule has 0 heterocycles. The van der Waals surface area contributed by atoms with Crippen molar-refractivity contribution >= 4 is 18.0 Å². The molecule has 1 fully saturated rings. The highest BCUT2D eigenvalue weighted by atomic mass is 16.2. The third-order valence-corrected chi connectivity index (χ3v) is 4.00. The summed E-state index contributed by atoms with van der Waals surface area (Å²) in [5.41, 5.74) is 5.63. The minimum Gasteiger partial charge on any atom is -0.344 e. The fraction of sp³-hybridized carbons (Fsp3) is 0.800. The van der Waals surface area contributed by atoms with Crippen LogP contribution >= 0.6 is 0 Å². The van der Waals surface area contributed by atoms with Gasteiger partial charge in [0.2, 0.25) is 5.91 Å². The summed E-state index contributed by atoms with van der Waals surface area (Å²) in [4.78, 5) is 35.1. The second kappa shape index (κ2) is 8.84. The Morgan fingerprint density at radius 1 is 1.30 bits per heavy atom. The predicted molar refractivity (Wildman–Crippen MR) is 79.2 cm³/mol. The number of nitrogens with zero attached hydrogens (tertiary/aromatic N) is 1. The third kappa shape index (κ3) is 5.41. The second-order valence-electron chi connectivity index (χ2n) is 5.56. The maximum absolute atomic E-state index is 11.9. The molecule has 1 atom stereocenters. The Morgan fingerprint density at radius 3 is 2.30 bits per heavy atom. The molecule has 0 aliphatic heterocycles. The highest BCUT2D eigenvalue weighted by Gasteiger charge is 2.26. The van der Waals surface area contributed by atoms with E-state index in [0.717, 1.165) is 25.7 Å². The number of hydrogen-bond donors (Lipinski definition) is 1. The number of rotatable bonds is 6. The van der Waals surface area contributed by atoms with Gasteiger partial charge in [0.25, 0.3) is 0 Å². The van der Waals surface area contributed by atoms with Gasteiger partial charge in [0.05, 0.1) is 6.04 Å². The molecular formula is C15H28N2O3. The summed E-state index contributed by atoms with van der Waals surface area (Å²) in [5.74, 6) is 0.735. The zero-order valence-corrected chi connectivity index (χ0v) is 11.8. The molecule has 1 amide bonds. The molecule has 0 spiro atoms. The first-order valence-electron chi connectivity index (χ1n) is 6.90. The molecule has 20 heavy (non-hydrogen) atoms. The van der Waals surface area contributed by atoms with E-state index in [2.05, 4.69) is 0 Å². The van der Waals surface area contributed by atoms with Crippen LogP contribution in [0.2, 0.25) is 0 Å². The van der Waals surface area contributed by atoms with Crippen molar-refractivity contribution in [2.45, 2.75) is 52.5 Å². The van der Waals surface area contributed by atoms with Crippen LogP contribution < -0.4 is 5.73 Å². The zero-order valence-electron chi connectivity index (χ0n) is 11.8. The Labute approximate surface area is 121 Å². The van der Waals surface area contributed by atoms with Gasteiger partial charge in [-0.2, -0.15) is 0 Å². The van der Waals surface area contributed by atoms with E-state index in [9.17, 15) is 14.4 Å². The van der Waals surface area contributed by atoms with Gasteiger partial charge >= 0.3 is 0 Å². The summed E-state index contributed by atoms with van der Waals surface area (Å²) in [7, 11) is 1.73. The average Bonchev–Trinajstić information content (AvgIpc) is 2.38. The highest BCUT2D eigenvalue weighted by molar-refractivity contribution is 5.83. The summed E-state index contributed by atoms with van der Waals surface area (Å²) in [6.07, 6.45) is 4.54. The fourth-order valence-corrected chi connectivity index (χ4v) is 2.72. The first-order valence-corrected chi connectivity index (χ1v) is 6.90. The van der Waals surface area contributed by atoms with Crippen LogP contribution in [0.15, 0.2) is 0 Å². The standard InChI is InChI=1S/C14H24N2O3.CH4/c1-10(18)12-5-3-11(4-6-12)9-16(2)14(19)13(15)7-8-17;/h8,11-13H,3-7,9,15H2,1-2H3;1H4. The number of aldehydes is 1. The van der Waals surface area contributed by atoms with Gasteiger partial charge in [0, 0.05) is 25.9 Å². The van der Waals surface area contributed by atoms with E-state index in [-0.39, 0.29) is 31.5 Å². The topological polar surface area (TPSA) is 80.5 Å². The number of nitrogens with two attached hydrogens (primary N) is 1. The maximum atomic E-state index is 11.9. The molecule has 5 nitrogen and oxygen atoms in total. The van der Waals surface area contributed by atoms with Crippen molar-refractivity contribution in [3.8, 4) is 0 Å². The van der Waals surface area contributed by atoms with E-state index in [0.29, 0.717) is 18.7 Å². The van der Waals surface area contributed by atoms with E-state index in [1.54, 1.807) is 18.9 Å². The van der Waals surface area contributed by atoms with Crippen LogP contribution in [0.3, 0.4) is 0 Å². The normalized spacial score (nSPS) is 23.4. The number of carbonyl (C=O) groups is 3. The number of hydrogen-bond acceptors (Lipinski definition) is 4. The zero-order chi connectivity index (χ0) is 14.4. The number of amides is 1. The fourth-order valence-electron chi connectivity index (χ4n) is 2.72. The van der Waals surface area contributed by atoms with Crippen LogP contribution in [0.1, 0.15) is 46.5 Å². The lowest BCUT2D eigenvalue weighted by molar-refractivity contribution is -0.133. The van der Waals surface area contributed by atoms with Gasteiger partial charge in [-0.15, -0.1) is 0 Å². The van der Waals surface area contributed by atoms with Crippen molar-refractivity contribution in [1.82, 2.24) is 4.90 Å². The SMILES string of the molecule is C.CC(=O)C1CCC(CN(C)C(=O)C(N)CC=O)CC1. The molecule has 1 rings (SSSR count). The Hall–Kier alpha value is -1.23. The molecular weight excluding hydrogens is 256 g/mol. The van der Waals surface area contributed by atoms with E-state index >= 15 is 0 Å². The van der Waals surface area contributed by atoms with Crippen molar-refractivity contribution in [3.63, 3.8) is 0 Å².